The number of hydrogen-bond donors (Lipinski definition) is 2. The topological polar surface area (TPSA) is 63.1 Å². The fraction of sp³-hybridized carbons (Fsp3) is 0.533. The lowest BCUT2D eigenvalue weighted by atomic mass is 10.2. The molecule has 0 fully saturated rings. The van der Waals surface area contributed by atoms with Crippen molar-refractivity contribution in [2.24, 2.45) is 5.92 Å². The molecule has 0 saturated heterocycles. The van der Waals surface area contributed by atoms with E-state index in [1.807, 2.05) is 26.0 Å². The number of nitrogens with one attached hydrogen (secondary N) is 2. The molecule has 0 saturated carbocycles. The summed E-state index contributed by atoms with van der Waals surface area (Å²) in [7, 11) is 0. The number of nitrogens with zero attached hydrogens (tertiary/aromatic N) is 1. The molecule has 2 aromatic rings. The molecule has 0 spiro atoms. The molecular formula is C15H23N3O2. The Balaban J connectivity index is 1.87. The van der Waals surface area contributed by atoms with Crippen molar-refractivity contribution >= 4 is 0 Å². The van der Waals surface area contributed by atoms with Crippen molar-refractivity contribution in [1.82, 2.24) is 15.5 Å². The van der Waals surface area contributed by atoms with E-state index >= 15 is 0 Å². The maximum Gasteiger partial charge on any atom is 0.233 e. The highest BCUT2D eigenvalue weighted by Crippen LogP contribution is 2.17. The summed E-state index contributed by atoms with van der Waals surface area (Å²) in [5.41, 5.74) is 2.05. The summed E-state index contributed by atoms with van der Waals surface area (Å²) in [4.78, 5) is 0. The van der Waals surface area contributed by atoms with Gasteiger partial charge in [-0.15, -0.1) is 5.10 Å². The first kappa shape index (κ1) is 14.7. The van der Waals surface area contributed by atoms with E-state index in [4.69, 9.17) is 9.15 Å². The number of aromatic nitrogens is 2. The lowest BCUT2D eigenvalue weighted by Gasteiger charge is -2.04. The van der Waals surface area contributed by atoms with Gasteiger partial charge in [-0.2, -0.15) is 0 Å². The highest BCUT2D eigenvalue weighted by molar-refractivity contribution is 5.21. The second kappa shape index (κ2) is 6.61. The standard InChI is InChI=1S/C15H23N3O2/c1-10(2)7-16-8-14-6-13(12(4)20-14)9-19-15-5-11(3)17-18-15/h5-6,10,16H,7-9H2,1-4H3,(H,17,18). The molecule has 2 heterocycles. The number of furan rings is 1. The zero-order chi connectivity index (χ0) is 14.5. The summed E-state index contributed by atoms with van der Waals surface area (Å²) in [5.74, 6) is 3.10. The van der Waals surface area contributed by atoms with E-state index in [1.54, 1.807) is 0 Å². The molecule has 0 aromatic carbocycles. The van der Waals surface area contributed by atoms with Crippen molar-refractivity contribution in [2.45, 2.75) is 40.8 Å². The molecule has 0 aliphatic rings. The van der Waals surface area contributed by atoms with Gasteiger partial charge in [0.2, 0.25) is 5.88 Å². The van der Waals surface area contributed by atoms with Gasteiger partial charge in [0.25, 0.3) is 0 Å². The van der Waals surface area contributed by atoms with Gasteiger partial charge in [-0.25, -0.2) is 0 Å². The van der Waals surface area contributed by atoms with E-state index in [1.165, 1.54) is 0 Å². The van der Waals surface area contributed by atoms with Crippen molar-refractivity contribution < 1.29 is 9.15 Å². The first-order valence-corrected chi connectivity index (χ1v) is 6.98. The predicted octanol–water partition coefficient (Wildman–Crippen LogP) is 2.94. The Morgan fingerprint density at radius 2 is 2.15 bits per heavy atom. The van der Waals surface area contributed by atoms with E-state index < -0.39 is 0 Å². The molecule has 2 rings (SSSR count). The van der Waals surface area contributed by atoms with Crippen LogP contribution in [0.1, 0.15) is 36.6 Å². The van der Waals surface area contributed by atoms with Gasteiger partial charge in [0.1, 0.15) is 18.1 Å². The van der Waals surface area contributed by atoms with Gasteiger partial charge < -0.3 is 14.5 Å². The molecule has 2 N–H and O–H groups in total. The van der Waals surface area contributed by atoms with Crippen LogP contribution in [-0.2, 0) is 13.2 Å². The molecule has 0 aliphatic heterocycles. The molecule has 0 unspecified atom stereocenters. The SMILES string of the molecule is Cc1cc(OCc2cc(CNCC(C)C)oc2C)n[nH]1. The van der Waals surface area contributed by atoms with Crippen LogP contribution in [0.3, 0.4) is 0 Å². The minimum atomic E-state index is 0.476. The molecule has 0 radical (unpaired) electrons. The van der Waals surface area contributed by atoms with Gasteiger partial charge in [-0.05, 0) is 32.4 Å². The van der Waals surface area contributed by atoms with Gasteiger partial charge in [-0.3, -0.25) is 5.10 Å². The Labute approximate surface area is 119 Å². The quantitative estimate of drug-likeness (QED) is 0.816. The lowest BCUT2D eigenvalue weighted by molar-refractivity contribution is 0.290. The Morgan fingerprint density at radius 1 is 1.35 bits per heavy atom. The number of aryl methyl sites for hydroxylation is 2. The zero-order valence-electron chi connectivity index (χ0n) is 12.6. The number of H-pyrrole nitrogens is 1. The number of aromatic amines is 1. The van der Waals surface area contributed by atoms with E-state index in [-0.39, 0.29) is 0 Å². The van der Waals surface area contributed by atoms with Crippen LogP contribution in [-0.4, -0.2) is 16.7 Å². The van der Waals surface area contributed by atoms with E-state index in [0.717, 1.165) is 35.9 Å². The number of hydrogen-bond acceptors (Lipinski definition) is 4. The van der Waals surface area contributed by atoms with Gasteiger partial charge in [0.15, 0.2) is 0 Å². The van der Waals surface area contributed by atoms with E-state index in [2.05, 4.69) is 29.4 Å². The molecule has 5 nitrogen and oxygen atoms in total. The molecule has 0 aliphatic carbocycles. The van der Waals surface area contributed by atoms with Crippen molar-refractivity contribution in [1.29, 1.82) is 0 Å². The third kappa shape index (κ3) is 4.13. The number of rotatable bonds is 7. The minimum Gasteiger partial charge on any atom is -0.472 e. The highest BCUT2D eigenvalue weighted by Gasteiger charge is 2.09. The molecule has 0 amide bonds. The molecule has 0 bridgehead atoms. The predicted molar refractivity (Wildman–Crippen MR) is 77.6 cm³/mol. The Hall–Kier alpha value is -1.75. The van der Waals surface area contributed by atoms with Crippen LogP contribution in [0.2, 0.25) is 0 Å². The average Bonchev–Trinajstić information content (AvgIpc) is 2.93. The van der Waals surface area contributed by atoms with Crippen LogP contribution in [0, 0.1) is 19.8 Å². The first-order valence-electron chi connectivity index (χ1n) is 6.98. The summed E-state index contributed by atoms with van der Waals surface area (Å²) in [6, 6.07) is 3.92. The summed E-state index contributed by atoms with van der Waals surface area (Å²) in [5, 5.41) is 10.3. The Bertz CT molecular complexity index is 543. The summed E-state index contributed by atoms with van der Waals surface area (Å²) >= 11 is 0. The molecule has 2 aromatic heterocycles. The van der Waals surface area contributed by atoms with Gasteiger partial charge in [-0.1, -0.05) is 13.8 Å². The van der Waals surface area contributed by atoms with E-state index in [9.17, 15) is 0 Å². The molecule has 0 atom stereocenters. The van der Waals surface area contributed by atoms with Crippen LogP contribution in [0.5, 0.6) is 5.88 Å². The van der Waals surface area contributed by atoms with Crippen LogP contribution in [0.25, 0.3) is 0 Å². The Kier molecular flexibility index (Phi) is 4.84. The van der Waals surface area contributed by atoms with Crippen molar-refractivity contribution in [3.63, 3.8) is 0 Å². The smallest absolute Gasteiger partial charge is 0.233 e. The Morgan fingerprint density at radius 3 is 2.80 bits per heavy atom. The van der Waals surface area contributed by atoms with E-state index in [0.29, 0.717) is 18.4 Å². The van der Waals surface area contributed by atoms with Crippen molar-refractivity contribution in [3.8, 4) is 5.88 Å². The summed E-state index contributed by atoms with van der Waals surface area (Å²) in [6.07, 6.45) is 0. The second-order valence-electron chi connectivity index (χ2n) is 5.50. The van der Waals surface area contributed by atoms with Gasteiger partial charge >= 0.3 is 0 Å². The lowest BCUT2D eigenvalue weighted by Crippen LogP contribution is -2.18. The van der Waals surface area contributed by atoms with Crippen LogP contribution in [0.15, 0.2) is 16.5 Å². The normalized spacial score (nSPS) is 11.2. The maximum absolute atomic E-state index is 5.72. The zero-order valence-corrected chi connectivity index (χ0v) is 12.6. The van der Waals surface area contributed by atoms with Crippen LogP contribution < -0.4 is 10.1 Å². The third-order valence-corrected chi connectivity index (χ3v) is 2.98. The third-order valence-electron chi connectivity index (χ3n) is 2.98. The summed E-state index contributed by atoms with van der Waals surface area (Å²) < 4.78 is 11.3. The monoisotopic (exact) mass is 277 g/mol. The molecule has 5 heteroatoms. The van der Waals surface area contributed by atoms with Crippen LogP contribution in [0.4, 0.5) is 0 Å². The summed E-state index contributed by atoms with van der Waals surface area (Å²) in [6.45, 7) is 10.5. The largest absolute Gasteiger partial charge is 0.472 e. The highest BCUT2D eigenvalue weighted by atomic mass is 16.5. The second-order valence-corrected chi connectivity index (χ2v) is 5.50. The van der Waals surface area contributed by atoms with Crippen molar-refractivity contribution in [2.75, 3.05) is 6.54 Å². The maximum atomic E-state index is 5.72. The fourth-order valence-corrected chi connectivity index (χ4v) is 1.92. The molecule has 110 valence electrons. The van der Waals surface area contributed by atoms with Crippen molar-refractivity contribution in [3.05, 3.63) is 34.9 Å². The molecular weight excluding hydrogens is 254 g/mol. The van der Waals surface area contributed by atoms with Gasteiger partial charge in [0.05, 0.1) is 6.54 Å². The fourth-order valence-electron chi connectivity index (χ4n) is 1.92. The number of ether oxygens (including phenoxy) is 1. The van der Waals surface area contributed by atoms with Crippen LogP contribution >= 0.6 is 0 Å². The first-order chi connectivity index (χ1) is 9.54. The average molecular weight is 277 g/mol. The minimum absolute atomic E-state index is 0.476. The molecule has 20 heavy (non-hydrogen) atoms. The van der Waals surface area contributed by atoms with Gasteiger partial charge in [0, 0.05) is 17.3 Å².